The van der Waals surface area contributed by atoms with Gasteiger partial charge in [-0.1, -0.05) is 6.07 Å². The number of nitrogens with zero attached hydrogens (tertiary/aromatic N) is 3. The van der Waals surface area contributed by atoms with Crippen molar-refractivity contribution < 1.29 is 4.79 Å². The fourth-order valence-electron chi connectivity index (χ4n) is 2.68. The van der Waals surface area contributed by atoms with Gasteiger partial charge in [0.05, 0.1) is 11.7 Å². The highest BCUT2D eigenvalue weighted by atomic mass is 16.2. The lowest BCUT2D eigenvalue weighted by atomic mass is 10.1. The number of aromatic amines is 1. The predicted octanol–water partition coefficient (Wildman–Crippen LogP) is 1.34. The molecule has 1 aromatic heterocycles. The minimum Gasteiger partial charge on any atom is -0.333 e. The molecule has 1 saturated heterocycles. The van der Waals surface area contributed by atoms with Crippen molar-refractivity contribution in [2.75, 3.05) is 26.7 Å². The molecular weight excluding hydrogens is 240 g/mol. The molecule has 1 fully saturated rings. The Labute approximate surface area is 112 Å². The molecule has 1 amide bonds. The summed E-state index contributed by atoms with van der Waals surface area (Å²) in [5.74, 6) is 0.108. The molecule has 1 atom stereocenters. The van der Waals surface area contributed by atoms with Crippen molar-refractivity contribution in [3.63, 3.8) is 0 Å². The molecule has 1 N–H and O–H groups in total. The average Bonchev–Trinajstić information content (AvgIpc) is 2.85. The fourth-order valence-corrected chi connectivity index (χ4v) is 2.68. The molecular formula is C14H18N4O. The third-order valence-electron chi connectivity index (χ3n) is 3.78. The van der Waals surface area contributed by atoms with E-state index in [1.54, 1.807) is 6.20 Å². The van der Waals surface area contributed by atoms with Gasteiger partial charge >= 0.3 is 0 Å². The second kappa shape index (κ2) is 4.66. The maximum Gasteiger partial charge on any atom is 0.254 e. The first-order valence-electron chi connectivity index (χ1n) is 6.58. The SMILES string of the molecule is CC1CN(C)CCN1C(=O)c1ccc2cn[nH]c2c1. The van der Waals surface area contributed by atoms with Gasteiger partial charge in [0, 0.05) is 36.6 Å². The molecule has 2 heterocycles. The number of fused-ring (bicyclic) bond motifs is 1. The second-order valence-electron chi connectivity index (χ2n) is 5.28. The molecule has 0 aliphatic carbocycles. The Morgan fingerprint density at radius 2 is 2.26 bits per heavy atom. The first kappa shape index (κ1) is 12.2. The molecule has 5 heteroatoms. The van der Waals surface area contributed by atoms with E-state index in [2.05, 4.69) is 29.1 Å². The molecule has 100 valence electrons. The van der Waals surface area contributed by atoms with Crippen LogP contribution in [-0.2, 0) is 0 Å². The lowest BCUT2D eigenvalue weighted by Gasteiger charge is -2.38. The van der Waals surface area contributed by atoms with Crippen LogP contribution in [0.4, 0.5) is 0 Å². The number of carbonyl (C=O) groups is 1. The van der Waals surface area contributed by atoms with Crippen molar-refractivity contribution >= 4 is 16.8 Å². The van der Waals surface area contributed by atoms with Crippen LogP contribution >= 0.6 is 0 Å². The summed E-state index contributed by atoms with van der Waals surface area (Å²) >= 11 is 0. The Morgan fingerprint density at radius 1 is 1.42 bits per heavy atom. The molecule has 1 aliphatic heterocycles. The van der Waals surface area contributed by atoms with E-state index in [4.69, 9.17) is 0 Å². The van der Waals surface area contributed by atoms with E-state index in [-0.39, 0.29) is 11.9 Å². The van der Waals surface area contributed by atoms with Gasteiger partial charge in [-0.3, -0.25) is 9.89 Å². The van der Waals surface area contributed by atoms with Crippen LogP contribution < -0.4 is 0 Å². The molecule has 0 saturated carbocycles. The summed E-state index contributed by atoms with van der Waals surface area (Å²) < 4.78 is 0. The van der Waals surface area contributed by atoms with E-state index < -0.39 is 0 Å². The number of H-pyrrole nitrogens is 1. The summed E-state index contributed by atoms with van der Waals surface area (Å²) in [5.41, 5.74) is 1.64. The number of hydrogen-bond acceptors (Lipinski definition) is 3. The van der Waals surface area contributed by atoms with Crippen LogP contribution in [0.5, 0.6) is 0 Å². The Hall–Kier alpha value is -1.88. The maximum atomic E-state index is 12.6. The van der Waals surface area contributed by atoms with E-state index in [0.717, 1.165) is 36.1 Å². The van der Waals surface area contributed by atoms with Gasteiger partial charge in [-0.25, -0.2) is 0 Å². The lowest BCUT2D eigenvalue weighted by molar-refractivity contribution is 0.0533. The highest BCUT2D eigenvalue weighted by Gasteiger charge is 2.26. The average molecular weight is 258 g/mol. The summed E-state index contributed by atoms with van der Waals surface area (Å²) in [6.45, 7) is 4.75. The van der Waals surface area contributed by atoms with E-state index in [0.29, 0.717) is 0 Å². The minimum absolute atomic E-state index is 0.108. The van der Waals surface area contributed by atoms with E-state index >= 15 is 0 Å². The van der Waals surface area contributed by atoms with Crippen LogP contribution in [0.15, 0.2) is 24.4 Å². The van der Waals surface area contributed by atoms with Gasteiger partial charge in [-0.2, -0.15) is 5.10 Å². The Kier molecular flexibility index (Phi) is 2.98. The number of rotatable bonds is 1. The van der Waals surface area contributed by atoms with E-state index in [1.165, 1.54) is 0 Å². The summed E-state index contributed by atoms with van der Waals surface area (Å²) in [7, 11) is 2.09. The quantitative estimate of drug-likeness (QED) is 0.839. The van der Waals surface area contributed by atoms with Crippen molar-refractivity contribution in [1.29, 1.82) is 0 Å². The van der Waals surface area contributed by atoms with Gasteiger partial charge in [-0.15, -0.1) is 0 Å². The van der Waals surface area contributed by atoms with Crippen molar-refractivity contribution in [1.82, 2.24) is 20.0 Å². The van der Waals surface area contributed by atoms with Crippen molar-refractivity contribution in [3.8, 4) is 0 Å². The first-order valence-corrected chi connectivity index (χ1v) is 6.58. The molecule has 1 aliphatic rings. The summed E-state index contributed by atoms with van der Waals surface area (Å²) in [6, 6.07) is 5.96. The first-order chi connectivity index (χ1) is 9.15. The van der Waals surface area contributed by atoms with Gasteiger partial charge in [0.15, 0.2) is 0 Å². The molecule has 2 aromatic rings. The number of benzene rings is 1. The van der Waals surface area contributed by atoms with Gasteiger partial charge in [0.25, 0.3) is 5.91 Å². The summed E-state index contributed by atoms with van der Waals surface area (Å²) in [4.78, 5) is 16.8. The van der Waals surface area contributed by atoms with Crippen LogP contribution in [-0.4, -0.2) is 58.6 Å². The van der Waals surface area contributed by atoms with Crippen LogP contribution in [0.25, 0.3) is 10.9 Å². The van der Waals surface area contributed by atoms with Gasteiger partial charge in [0.2, 0.25) is 0 Å². The Morgan fingerprint density at radius 3 is 3.05 bits per heavy atom. The molecule has 5 nitrogen and oxygen atoms in total. The maximum absolute atomic E-state index is 12.6. The standard InChI is InChI=1S/C14H18N4O/c1-10-9-17(2)5-6-18(10)14(19)11-3-4-12-8-15-16-13(12)7-11/h3-4,7-8,10H,5-6,9H2,1-2H3,(H,15,16). The van der Waals surface area contributed by atoms with E-state index in [1.807, 2.05) is 23.1 Å². The second-order valence-corrected chi connectivity index (χ2v) is 5.28. The smallest absolute Gasteiger partial charge is 0.254 e. The molecule has 1 aromatic carbocycles. The number of likely N-dealkylation sites (N-methyl/N-ethyl adjacent to an activating group) is 1. The third kappa shape index (κ3) is 2.21. The zero-order chi connectivity index (χ0) is 13.4. The number of aromatic nitrogens is 2. The minimum atomic E-state index is 0.108. The monoisotopic (exact) mass is 258 g/mol. The van der Waals surface area contributed by atoms with E-state index in [9.17, 15) is 4.79 Å². The molecule has 3 rings (SSSR count). The number of hydrogen-bond donors (Lipinski definition) is 1. The summed E-state index contributed by atoms with van der Waals surface area (Å²) in [6.07, 6.45) is 1.77. The Balaban J connectivity index is 1.86. The largest absolute Gasteiger partial charge is 0.333 e. The van der Waals surface area contributed by atoms with Crippen molar-refractivity contribution in [2.45, 2.75) is 13.0 Å². The van der Waals surface area contributed by atoms with Crippen LogP contribution in [0.2, 0.25) is 0 Å². The van der Waals surface area contributed by atoms with Gasteiger partial charge in [0.1, 0.15) is 0 Å². The van der Waals surface area contributed by atoms with Gasteiger partial charge < -0.3 is 9.80 Å². The zero-order valence-corrected chi connectivity index (χ0v) is 11.3. The highest BCUT2D eigenvalue weighted by molar-refractivity contribution is 5.97. The van der Waals surface area contributed by atoms with Gasteiger partial charge in [-0.05, 0) is 26.1 Å². The number of piperazine rings is 1. The molecule has 1 unspecified atom stereocenters. The number of nitrogens with one attached hydrogen (secondary N) is 1. The van der Waals surface area contributed by atoms with Crippen LogP contribution in [0, 0.1) is 0 Å². The van der Waals surface area contributed by atoms with Crippen LogP contribution in [0.3, 0.4) is 0 Å². The zero-order valence-electron chi connectivity index (χ0n) is 11.3. The third-order valence-corrected chi connectivity index (χ3v) is 3.78. The summed E-state index contributed by atoms with van der Waals surface area (Å²) in [5, 5.41) is 7.92. The topological polar surface area (TPSA) is 52.2 Å². The Bertz CT molecular complexity index is 606. The lowest BCUT2D eigenvalue weighted by Crippen LogP contribution is -2.52. The van der Waals surface area contributed by atoms with Crippen molar-refractivity contribution in [3.05, 3.63) is 30.0 Å². The normalized spacial score (nSPS) is 20.9. The predicted molar refractivity (Wildman–Crippen MR) is 74.1 cm³/mol. The highest BCUT2D eigenvalue weighted by Crippen LogP contribution is 2.17. The molecule has 19 heavy (non-hydrogen) atoms. The molecule has 0 radical (unpaired) electrons. The van der Waals surface area contributed by atoms with Crippen molar-refractivity contribution in [2.24, 2.45) is 0 Å². The van der Waals surface area contributed by atoms with Crippen LogP contribution in [0.1, 0.15) is 17.3 Å². The fraction of sp³-hybridized carbons (Fsp3) is 0.429. The molecule has 0 bridgehead atoms. The number of carbonyl (C=O) groups excluding carboxylic acids is 1. The number of amides is 1. The molecule has 0 spiro atoms.